The molecule has 0 bridgehead atoms. The zero-order valence-corrected chi connectivity index (χ0v) is 9.14. The summed E-state index contributed by atoms with van der Waals surface area (Å²) in [7, 11) is 0. The van der Waals surface area contributed by atoms with Gasteiger partial charge in [-0.2, -0.15) is 0 Å². The van der Waals surface area contributed by atoms with E-state index in [0.29, 0.717) is 0 Å². The van der Waals surface area contributed by atoms with Gasteiger partial charge in [-0.3, -0.25) is 0 Å². The second-order valence-electron chi connectivity index (χ2n) is 3.56. The van der Waals surface area contributed by atoms with Crippen LogP contribution in [0.5, 0.6) is 0 Å². The zero-order chi connectivity index (χ0) is 9.54. The molecule has 0 aliphatic heterocycles. The number of allylic oxidation sites excluding steroid dienone is 6. The minimum atomic E-state index is 1.05. The Balaban J connectivity index is 2.23. The molecule has 0 saturated heterocycles. The topological polar surface area (TPSA) is 0 Å². The normalized spacial score (nSPS) is 16.6. The van der Waals surface area contributed by atoms with Gasteiger partial charge in [0.2, 0.25) is 0 Å². The molecule has 14 heavy (non-hydrogen) atoms. The van der Waals surface area contributed by atoms with Crippen LogP contribution < -0.4 is 0 Å². The standard InChI is InChI=1S/C13H8Br/c14-11-6-5-10-7-9-3-1-2-4-12(9)13(10)8-11/h2-6,8H,7H2/q+1. The third kappa shape index (κ3) is 1.10. The van der Waals surface area contributed by atoms with Gasteiger partial charge in [0.1, 0.15) is 12.2 Å². The van der Waals surface area contributed by atoms with Gasteiger partial charge in [-0.15, -0.1) is 0 Å². The molecule has 0 saturated carbocycles. The second kappa shape index (κ2) is 2.91. The van der Waals surface area contributed by atoms with E-state index in [1.54, 1.807) is 0 Å². The Hall–Kier alpha value is -1.17. The monoisotopic (exact) mass is 243 g/mol. The fourth-order valence-electron chi connectivity index (χ4n) is 2.03. The van der Waals surface area contributed by atoms with Crippen LogP contribution in [0.2, 0.25) is 0 Å². The number of fused-ring (bicyclic) bond motifs is 2. The van der Waals surface area contributed by atoms with Crippen LogP contribution in [-0.2, 0) is 6.42 Å². The van der Waals surface area contributed by atoms with Crippen molar-refractivity contribution < 1.29 is 0 Å². The third-order valence-electron chi connectivity index (χ3n) is 2.69. The highest BCUT2D eigenvalue weighted by molar-refractivity contribution is 9.10. The van der Waals surface area contributed by atoms with E-state index in [2.05, 4.69) is 52.4 Å². The molecule has 0 atom stereocenters. The molecule has 0 N–H and O–H groups in total. The molecule has 0 nitrogen and oxygen atoms in total. The highest BCUT2D eigenvalue weighted by atomic mass is 79.9. The van der Waals surface area contributed by atoms with Crippen molar-refractivity contribution in [1.29, 1.82) is 0 Å². The summed E-state index contributed by atoms with van der Waals surface area (Å²) in [5.41, 5.74) is 5.53. The Morgan fingerprint density at radius 3 is 3.14 bits per heavy atom. The molecular weight excluding hydrogens is 236 g/mol. The van der Waals surface area contributed by atoms with E-state index in [9.17, 15) is 0 Å². The number of hydrogen-bond donors (Lipinski definition) is 0. The average molecular weight is 244 g/mol. The minimum Gasteiger partial charge on any atom is -0.0557 e. The van der Waals surface area contributed by atoms with Crippen molar-refractivity contribution in [3.63, 3.8) is 0 Å². The Morgan fingerprint density at radius 1 is 1.29 bits per heavy atom. The summed E-state index contributed by atoms with van der Waals surface area (Å²) < 4.78 is 1.15. The van der Waals surface area contributed by atoms with Gasteiger partial charge in [-0.1, -0.05) is 22.0 Å². The minimum absolute atomic E-state index is 1.05. The van der Waals surface area contributed by atoms with Gasteiger partial charge in [0.15, 0.2) is 0 Å². The first-order valence-corrected chi connectivity index (χ1v) is 5.42. The van der Waals surface area contributed by atoms with E-state index in [1.165, 1.54) is 22.3 Å². The smallest absolute Gasteiger partial charge is 0.0557 e. The first-order chi connectivity index (χ1) is 6.84. The lowest BCUT2D eigenvalue weighted by Gasteiger charge is -1.98. The largest absolute Gasteiger partial charge is 0.107 e. The molecule has 2 aliphatic carbocycles. The SMILES string of the molecule is Brc1ccc2c(c1)C1=C(C=[C+]C=C1)C2. The fourth-order valence-corrected chi connectivity index (χ4v) is 2.39. The molecule has 0 fully saturated rings. The number of hydrogen-bond acceptors (Lipinski definition) is 0. The van der Waals surface area contributed by atoms with E-state index < -0.39 is 0 Å². The van der Waals surface area contributed by atoms with Crippen molar-refractivity contribution in [3.05, 3.63) is 63.7 Å². The number of rotatable bonds is 0. The maximum Gasteiger partial charge on any atom is 0.107 e. The summed E-state index contributed by atoms with van der Waals surface area (Å²) in [5.74, 6) is 0. The van der Waals surface area contributed by atoms with E-state index in [-0.39, 0.29) is 0 Å². The molecule has 1 aromatic rings. The quantitative estimate of drug-likeness (QED) is 0.610. The van der Waals surface area contributed by atoms with Gasteiger partial charge in [0.05, 0.1) is 17.2 Å². The Morgan fingerprint density at radius 2 is 2.21 bits per heavy atom. The molecular formula is C13H8Br+. The predicted octanol–water partition coefficient (Wildman–Crippen LogP) is 3.69. The summed E-state index contributed by atoms with van der Waals surface area (Å²) in [6, 6.07) is 6.50. The summed E-state index contributed by atoms with van der Waals surface area (Å²) in [6.45, 7) is 0. The molecule has 0 heterocycles. The Kier molecular flexibility index (Phi) is 1.70. The van der Waals surface area contributed by atoms with Crippen LogP contribution in [0.25, 0.3) is 5.57 Å². The van der Waals surface area contributed by atoms with Crippen LogP contribution in [0.3, 0.4) is 0 Å². The van der Waals surface area contributed by atoms with Crippen LogP contribution in [0.1, 0.15) is 11.1 Å². The predicted molar refractivity (Wildman–Crippen MR) is 61.7 cm³/mol. The summed E-state index contributed by atoms with van der Waals surface area (Å²) in [6.07, 6.45) is 10.4. The Bertz CT molecular complexity index is 490. The maximum absolute atomic E-state index is 3.51. The molecule has 0 aromatic heterocycles. The third-order valence-corrected chi connectivity index (χ3v) is 3.19. The van der Waals surface area contributed by atoms with E-state index in [4.69, 9.17) is 0 Å². The van der Waals surface area contributed by atoms with Crippen LogP contribution >= 0.6 is 15.9 Å². The summed E-state index contributed by atoms with van der Waals surface area (Å²) in [5, 5.41) is 0. The molecule has 0 radical (unpaired) electrons. The first-order valence-electron chi connectivity index (χ1n) is 4.62. The lowest BCUT2D eigenvalue weighted by Crippen LogP contribution is -1.82. The molecule has 0 spiro atoms. The molecule has 1 aromatic carbocycles. The number of halogens is 1. The van der Waals surface area contributed by atoms with E-state index >= 15 is 0 Å². The molecule has 1 heteroatoms. The summed E-state index contributed by atoms with van der Waals surface area (Å²) >= 11 is 3.51. The second-order valence-corrected chi connectivity index (χ2v) is 4.48. The average Bonchev–Trinajstić information content (AvgIpc) is 2.56. The van der Waals surface area contributed by atoms with Gasteiger partial charge in [0, 0.05) is 22.5 Å². The van der Waals surface area contributed by atoms with E-state index in [0.717, 1.165) is 10.9 Å². The zero-order valence-electron chi connectivity index (χ0n) is 7.55. The van der Waals surface area contributed by atoms with Crippen molar-refractivity contribution in [2.45, 2.75) is 6.42 Å². The van der Waals surface area contributed by atoms with E-state index in [1.807, 2.05) is 6.08 Å². The molecule has 66 valence electrons. The van der Waals surface area contributed by atoms with Crippen LogP contribution in [0, 0.1) is 6.08 Å². The van der Waals surface area contributed by atoms with Crippen molar-refractivity contribution in [1.82, 2.24) is 0 Å². The number of benzene rings is 1. The van der Waals surface area contributed by atoms with Gasteiger partial charge >= 0.3 is 0 Å². The van der Waals surface area contributed by atoms with Gasteiger partial charge in [-0.05, 0) is 17.7 Å². The van der Waals surface area contributed by atoms with Crippen LogP contribution in [0.15, 0.2) is 46.5 Å². The fraction of sp³-hybridized carbons (Fsp3) is 0.0769. The Labute approximate surface area is 91.8 Å². The highest BCUT2D eigenvalue weighted by Gasteiger charge is 2.25. The van der Waals surface area contributed by atoms with Gasteiger partial charge in [-0.25, -0.2) is 0 Å². The molecule has 2 aliphatic rings. The van der Waals surface area contributed by atoms with Crippen molar-refractivity contribution >= 4 is 21.5 Å². The molecule has 3 rings (SSSR count). The van der Waals surface area contributed by atoms with Crippen molar-refractivity contribution in [2.75, 3.05) is 0 Å². The highest BCUT2D eigenvalue weighted by Crippen LogP contribution is 2.37. The molecule has 0 unspecified atom stereocenters. The van der Waals surface area contributed by atoms with Gasteiger partial charge < -0.3 is 0 Å². The lowest BCUT2D eigenvalue weighted by atomic mass is 10.0. The molecule has 0 amide bonds. The maximum atomic E-state index is 3.51. The van der Waals surface area contributed by atoms with Gasteiger partial charge in [0.25, 0.3) is 0 Å². The van der Waals surface area contributed by atoms with Crippen molar-refractivity contribution in [3.8, 4) is 0 Å². The van der Waals surface area contributed by atoms with Crippen LogP contribution in [0.4, 0.5) is 0 Å². The lowest BCUT2D eigenvalue weighted by molar-refractivity contribution is 1.24. The van der Waals surface area contributed by atoms with Crippen molar-refractivity contribution in [2.24, 2.45) is 0 Å². The van der Waals surface area contributed by atoms with Crippen LogP contribution in [-0.4, -0.2) is 0 Å². The first kappa shape index (κ1) is 8.16. The summed E-state index contributed by atoms with van der Waals surface area (Å²) in [4.78, 5) is 0.